The predicted octanol–water partition coefficient (Wildman–Crippen LogP) is 5.25. The van der Waals surface area contributed by atoms with E-state index in [1.54, 1.807) is 0 Å². The number of hydrogen-bond donors (Lipinski definition) is 1. The average molecular weight is 322 g/mol. The summed E-state index contributed by atoms with van der Waals surface area (Å²) < 4.78 is 65.1. The second-order valence-electron chi connectivity index (χ2n) is 4.23. The van der Waals surface area contributed by atoms with Crippen LogP contribution in [-0.2, 0) is 12.7 Å². The van der Waals surface area contributed by atoms with Gasteiger partial charge in [-0.15, -0.1) is 0 Å². The molecule has 0 amide bonds. The van der Waals surface area contributed by atoms with Crippen LogP contribution in [0.15, 0.2) is 36.4 Å². The van der Waals surface area contributed by atoms with Crippen molar-refractivity contribution in [1.82, 2.24) is 0 Å². The molecule has 0 saturated carbocycles. The van der Waals surface area contributed by atoms with Crippen LogP contribution in [0.3, 0.4) is 0 Å². The summed E-state index contributed by atoms with van der Waals surface area (Å²) in [5, 5.41) is 2.26. The van der Waals surface area contributed by atoms with Gasteiger partial charge in [-0.05, 0) is 18.2 Å². The van der Waals surface area contributed by atoms with E-state index in [1.165, 1.54) is 24.3 Å². The van der Waals surface area contributed by atoms with E-state index in [4.69, 9.17) is 11.6 Å². The second kappa shape index (κ2) is 5.89. The molecule has 112 valence electrons. The van der Waals surface area contributed by atoms with Gasteiger partial charge in [-0.2, -0.15) is 13.2 Å². The highest BCUT2D eigenvalue weighted by atomic mass is 35.5. The molecule has 0 aliphatic rings. The zero-order valence-electron chi connectivity index (χ0n) is 10.4. The number of halogens is 6. The Labute approximate surface area is 122 Å². The molecule has 7 heteroatoms. The molecular weight excluding hydrogens is 313 g/mol. The van der Waals surface area contributed by atoms with Crippen molar-refractivity contribution in [3.63, 3.8) is 0 Å². The molecule has 0 aromatic heterocycles. The summed E-state index contributed by atoms with van der Waals surface area (Å²) in [6, 6.07) is 6.77. The minimum Gasteiger partial charge on any atom is -0.379 e. The number of para-hydroxylation sites is 1. The van der Waals surface area contributed by atoms with Crippen LogP contribution in [0.25, 0.3) is 0 Å². The molecule has 0 aliphatic heterocycles. The van der Waals surface area contributed by atoms with Crippen LogP contribution in [0.1, 0.15) is 11.1 Å². The van der Waals surface area contributed by atoms with Gasteiger partial charge in [-0.3, -0.25) is 0 Å². The third-order valence-corrected chi connectivity index (χ3v) is 3.12. The van der Waals surface area contributed by atoms with Crippen molar-refractivity contribution < 1.29 is 22.0 Å². The van der Waals surface area contributed by atoms with E-state index in [9.17, 15) is 22.0 Å². The van der Waals surface area contributed by atoms with Crippen molar-refractivity contribution in [2.24, 2.45) is 0 Å². The molecule has 0 aliphatic carbocycles. The highest BCUT2D eigenvalue weighted by Crippen LogP contribution is 2.38. The summed E-state index contributed by atoms with van der Waals surface area (Å²) in [7, 11) is 0. The summed E-state index contributed by atoms with van der Waals surface area (Å²) in [6.07, 6.45) is -4.60. The van der Waals surface area contributed by atoms with E-state index >= 15 is 0 Å². The van der Waals surface area contributed by atoms with Crippen molar-refractivity contribution in [3.05, 3.63) is 64.2 Å². The Morgan fingerprint density at radius 2 is 1.67 bits per heavy atom. The van der Waals surface area contributed by atoms with Crippen LogP contribution in [0, 0.1) is 11.6 Å². The van der Waals surface area contributed by atoms with Crippen LogP contribution in [0.4, 0.5) is 27.6 Å². The number of benzene rings is 2. The molecule has 0 fully saturated rings. The molecule has 0 atom stereocenters. The summed E-state index contributed by atoms with van der Waals surface area (Å²) in [4.78, 5) is 0. The van der Waals surface area contributed by atoms with E-state index in [0.29, 0.717) is 0 Å². The number of nitrogens with one attached hydrogen (secondary N) is 1. The Balaban J connectivity index is 2.30. The SMILES string of the molecule is Fc1cccc(CNc2c(Cl)cccc2C(F)(F)F)c1F. The fraction of sp³-hybridized carbons (Fsp3) is 0.143. The monoisotopic (exact) mass is 321 g/mol. The Hall–Kier alpha value is -1.82. The lowest BCUT2D eigenvalue weighted by molar-refractivity contribution is -0.136. The van der Waals surface area contributed by atoms with E-state index in [1.807, 2.05) is 0 Å². The van der Waals surface area contributed by atoms with Crippen molar-refractivity contribution in [2.75, 3.05) is 5.32 Å². The van der Waals surface area contributed by atoms with E-state index in [-0.39, 0.29) is 22.8 Å². The summed E-state index contributed by atoms with van der Waals surface area (Å²) in [5.41, 5.74) is -1.43. The molecule has 0 spiro atoms. The van der Waals surface area contributed by atoms with Gasteiger partial charge in [0.15, 0.2) is 11.6 Å². The standard InChI is InChI=1S/C14H9ClF5N/c15-10-5-2-4-9(14(18,19)20)13(10)21-7-8-3-1-6-11(16)12(8)17/h1-6,21H,7H2. The molecule has 0 bridgehead atoms. The number of hydrogen-bond acceptors (Lipinski definition) is 1. The minimum atomic E-state index is -4.60. The molecule has 21 heavy (non-hydrogen) atoms. The first-order chi connectivity index (χ1) is 9.80. The number of anilines is 1. The Kier molecular flexibility index (Phi) is 4.37. The first kappa shape index (κ1) is 15.6. The molecule has 2 aromatic rings. The van der Waals surface area contributed by atoms with Gasteiger partial charge >= 0.3 is 6.18 Å². The van der Waals surface area contributed by atoms with E-state index in [2.05, 4.69) is 5.32 Å². The first-order valence-electron chi connectivity index (χ1n) is 5.83. The van der Waals surface area contributed by atoms with Gasteiger partial charge in [0.05, 0.1) is 16.3 Å². The fourth-order valence-corrected chi connectivity index (χ4v) is 2.05. The average Bonchev–Trinajstić information content (AvgIpc) is 2.40. The Morgan fingerprint density at radius 3 is 2.33 bits per heavy atom. The molecule has 2 aromatic carbocycles. The van der Waals surface area contributed by atoms with Crippen LogP contribution in [0.2, 0.25) is 5.02 Å². The highest BCUT2D eigenvalue weighted by molar-refractivity contribution is 6.33. The summed E-state index contributed by atoms with van der Waals surface area (Å²) >= 11 is 5.74. The van der Waals surface area contributed by atoms with Crippen molar-refractivity contribution in [2.45, 2.75) is 12.7 Å². The maximum Gasteiger partial charge on any atom is 0.418 e. The molecule has 1 nitrogen and oxygen atoms in total. The third-order valence-electron chi connectivity index (χ3n) is 2.81. The largest absolute Gasteiger partial charge is 0.418 e. The number of rotatable bonds is 3. The third kappa shape index (κ3) is 3.44. The maximum absolute atomic E-state index is 13.5. The van der Waals surface area contributed by atoms with E-state index < -0.39 is 23.4 Å². The van der Waals surface area contributed by atoms with Crippen molar-refractivity contribution >= 4 is 17.3 Å². The Morgan fingerprint density at radius 1 is 1.00 bits per heavy atom. The minimum absolute atomic E-state index is 0.0944. The lowest BCUT2D eigenvalue weighted by atomic mass is 10.1. The molecule has 2 rings (SSSR count). The quantitative estimate of drug-likeness (QED) is 0.761. The van der Waals surface area contributed by atoms with Crippen LogP contribution in [-0.4, -0.2) is 0 Å². The maximum atomic E-state index is 13.5. The van der Waals surface area contributed by atoms with Crippen LogP contribution < -0.4 is 5.32 Å². The van der Waals surface area contributed by atoms with Crippen LogP contribution >= 0.6 is 11.6 Å². The topological polar surface area (TPSA) is 12.0 Å². The molecule has 1 N–H and O–H groups in total. The van der Waals surface area contributed by atoms with Crippen molar-refractivity contribution in [3.8, 4) is 0 Å². The molecule has 0 unspecified atom stereocenters. The smallest absolute Gasteiger partial charge is 0.379 e. The molecular formula is C14H9ClF5N. The lowest BCUT2D eigenvalue weighted by Gasteiger charge is -2.16. The van der Waals surface area contributed by atoms with Gasteiger partial charge in [0.1, 0.15) is 0 Å². The van der Waals surface area contributed by atoms with Crippen LogP contribution in [0.5, 0.6) is 0 Å². The summed E-state index contributed by atoms with van der Waals surface area (Å²) in [5.74, 6) is -2.17. The highest BCUT2D eigenvalue weighted by Gasteiger charge is 2.34. The first-order valence-corrected chi connectivity index (χ1v) is 6.21. The zero-order chi connectivity index (χ0) is 15.6. The molecule has 0 radical (unpaired) electrons. The van der Waals surface area contributed by atoms with Gasteiger partial charge < -0.3 is 5.32 Å². The van der Waals surface area contributed by atoms with E-state index in [0.717, 1.165) is 12.1 Å². The van der Waals surface area contributed by atoms with Gasteiger partial charge in [0.2, 0.25) is 0 Å². The fourth-order valence-electron chi connectivity index (χ4n) is 1.81. The predicted molar refractivity (Wildman–Crippen MR) is 70.1 cm³/mol. The summed E-state index contributed by atoms with van der Waals surface area (Å²) in [6.45, 7) is -0.323. The zero-order valence-corrected chi connectivity index (χ0v) is 11.2. The van der Waals surface area contributed by atoms with Crippen molar-refractivity contribution in [1.29, 1.82) is 0 Å². The van der Waals surface area contributed by atoms with Gasteiger partial charge in [-0.25, -0.2) is 8.78 Å². The second-order valence-corrected chi connectivity index (χ2v) is 4.63. The number of alkyl halides is 3. The normalized spacial score (nSPS) is 11.5. The van der Waals surface area contributed by atoms with Gasteiger partial charge in [0.25, 0.3) is 0 Å². The molecule has 0 saturated heterocycles. The Bertz CT molecular complexity index is 654. The van der Waals surface area contributed by atoms with Gasteiger partial charge in [0, 0.05) is 12.1 Å². The van der Waals surface area contributed by atoms with Gasteiger partial charge in [-0.1, -0.05) is 29.8 Å². The lowest BCUT2D eigenvalue weighted by Crippen LogP contribution is -2.12. The molecule has 0 heterocycles.